The average Bonchev–Trinajstić information content (AvgIpc) is 2.80. The number of benzene rings is 2. The highest BCUT2D eigenvalue weighted by molar-refractivity contribution is 6.30. The summed E-state index contributed by atoms with van der Waals surface area (Å²) in [6.45, 7) is 1.72. The van der Waals surface area contributed by atoms with Gasteiger partial charge in [-0.15, -0.1) is 0 Å². The fourth-order valence-corrected chi connectivity index (χ4v) is 4.80. The number of pyridine rings is 1. The number of rotatable bonds is 6. The minimum absolute atomic E-state index is 0.108. The molecular formula is C25H26Cl2N2O2. The highest BCUT2D eigenvalue weighted by Crippen LogP contribution is 2.43. The molecule has 0 bridgehead atoms. The van der Waals surface area contributed by atoms with Crippen LogP contribution in [-0.4, -0.2) is 30.6 Å². The maximum absolute atomic E-state index is 6.34. The molecule has 0 N–H and O–H groups in total. The quantitative estimate of drug-likeness (QED) is 0.422. The summed E-state index contributed by atoms with van der Waals surface area (Å²) < 4.78 is 11.0. The van der Waals surface area contributed by atoms with Crippen LogP contribution in [0.25, 0.3) is 0 Å². The van der Waals surface area contributed by atoms with Gasteiger partial charge in [0.1, 0.15) is 11.5 Å². The van der Waals surface area contributed by atoms with E-state index in [0.29, 0.717) is 5.02 Å². The van der Waals surface area contributed by atoms with E-state index in [2.05, 4.69) is 23.1 Å². The first-order valence-electron chi connectivity index (χ1n) is 10.4. The van der Waals surface area contributed by atoms with Gasteiger partial charge in [0, 0.05) is 35.3 Å². The number of nitrogens with zero attached hydrogens (tertiary/aromatic N) is 2. The molecule has 31 heavy (non-hydrogen) atoms. The van der Waals surface area contributed by atoms with E-state index in [0.717, 1.165) is 53.7 Å². The summed E-state index contributed by atoms with van der Waals surface area (Å²) in [4.78, 5) is 7.19. The maximum Gasteiger partial charge on any atom is 0.127 e. The highest BCUT2D eigenvalue weighted by atomic mass is 35.5. The zero-order valence-electron chi connectivity index (χ0n) is 17.7. The summed E-state index contributed by atoms with van der Waals surface area (Å²) in [5, 5.41) is 1.40. The van der Waals surface area contributed by atoms with Gasteiger partial charge in [-0.05, 0) is 55.3 Å². The van der Waals surface area contributed by atoms with Gasteiger partial charge in [0.05, 0.1) is 31.0 Å². The number of ether oxygens (including phenoxy) is 2. The molecule has 0 spiro atoms. The molecule has 2 atom stereocenters. The SMILES string of the molecule is COc1ccc(CN2CCC[C@H](c3cccc(Cl)c3)[C@H]2c2ccc(Cl)cn2)c(OC)c1. The normalized spacial score (nSPS) is 19.2. The predicted octanol–water partition coefficient (Wildman–Crippen LogP) is 6.53. The van der Waals surface area contributed by atoms with Crippen molar-refractivity contribution in [1.82, 2.24) is 9.88 Å². The van der Waals surface area contributed by atoms with Crippen LogP contribution in [0.2, 0.25) is 10.0 Å². The fraction of sp³-hybridized carbons (Fsp3) is 0.320. The van der Waals surface area contributed by atoms with Crippen molar-refractivity contribution in [3.8, 4) is 11.5 Å². The van der Waals surface area contributed by atoms with Gasteiger partial charge in [-0.2, -0.15) is 0 Å². The maximum atomic E-state index is 6.34. The molecule has 0 unspecified atom stereocenters. The van der Waals surface area contributed by atoms with Crippen molar-refractivity contribution in [3.63, 3.8) is 0 Å². The molecule has 6 heteroatoms. The van der Waals surface area contributed by atoms with E-state index in [1.165, 1.54) is 5.56 Å². The molecule has 4 rings (SSSR count). The van der Waals surface area contributed by atoms with Crippen molar-refractivity contribution in [3.05, 3.63) is 87.7 Å². The number of piperidine rings is 1. The molecule has 0 aliphatic carbocycles. The summed E-state index contributed by atoms with van der Waals surface area (Å²) >= 11 is 12.5. The Bertz CT molecular complexity index is 1030. The summed E-state index contributed by atoms with van der Waals surface area (Å²) in [6, 6.07) is 18.2. The minimum Gasteiger partial charge on any atom is -0.497 e. The summed E-state index contributed by atoms with van der Waals surface area (Å²) in [5.41, 5.74) is 3.37. The van der Waals surface area contributed by atoms with Crippen LogP contribution < -0.4 is 9.47 Å². The van der Waals surface area contributed by atoms with Gasteiger partial charge in [-0.1, -0.05) is 41.4 Å². The molecule has 1 aliphatic rings. The number of hydrogen-bond acceptors (Lipinski definition) is 4. The molecule has 162 valence electrons. The number of halogens is 2. The van der Waals surface area contributed by atoms with Crippen molar-refractivity contribution < 1.29 is 9.47 Å². The van der Waals surface area contributed by atoms with Gasteiger partial charge < -0.3 is 9.47 Å². The van der Waals surface area contributed by atoms with Crippen molar-refractivity contribution in [1.29, 1.82) is 0 Å². The number of hydrogen-bond donors (Lipinski definition) is 0. The molecule has 2 heterocycles. The van der Waals surface area contributed by atoms with Crippen molar-refractivity contribution in [2.45, 2.75) is 31.3 Å². The summed E-state index contributed by atoms with van der Waals surface area (Å²) in [6.07, 6.45) is 3.90. The second kappa shape index (κ2) is 9.90. The lowest BCUT2D eigenvalue weighted by atomic mass is 9.81. The second-order valence-corrected chi connectivity index (χ2v) is 8.67. The summed E-state index contributed by atoms with van der Waals surface area (Å²) in [7, 11) is 3.36. The second-order valence-electron chi connectivity index (χ2n) is 7.80. The molecule has 0 radical (unpaired) electrons. The van der Waals surface area contributed by atoms with Crippen LogP contribution in [0.3, 0.4) is 0 Å². The molecule has 1 aliphatic heterocycles. The van der Waals surface area contributed by atoms with E-state index >= 15 is 0 Å². The number of likely N-dealkylation sites (tertiary alicyclic amines) is 1. The fourth-order valence-electron chi connectivity index (χ4n) is 4.49. The molecule has 1 saturated heterocycles. The van der Waals surface area contributed by atoms with Crippen molar-refractivity contribution in [2.75, 3.05) is 20.8 Å². The largest absolute Gasteiger partial charge is 0.497 e. The monoisotopic (exact) mass is 456 g/mol. The van der Waals surface area contributed by atoms with Gasteiger partial charge in [-0.3, -0.25) is 9.88 Å². The zero-order valence-corrected chi connectivity index (χ0v) is 19.2. The average molecular weight is 457 g/mol. The summed E-state index contributed by atoms with van der Waals surface area (Å²) in [5.74, 6) is 1.89. The first kappa shape index (κ1) is 21.9. The molecule has 1 aromatic heterocycles. The number of aromatic nitrogens is 1. The molecule has 3 aromatic rings. The third-order valence-corrected chi connectivity index (χ3v) is 6.39. The van der Waals surface area contributed by atoms with Gasteiger partial charge in [0.2, 0.25) is 0 Å². The Hall–Kier alpha value is -2.27. The highest BCUT2D eigenvalue weighted by Gasteiger charge is 2.35. The lowest BCUT2D eigenvalue weighted by Gasteiger charge is -2.41. The zero-order chi connectivity index (χ0) is 21.8. The predicted molar refractivity (Wildman–Crippen MR) is 125 cm³/mol. The van der Waals surface area contributed by atoms with Gasteiger partial charge in [0.15, 0.2) is 0 Å². The Kier molecular flexibility index (Phi) is 7.01. The molecule has 4 nitrogen and oxygen atoms in total. The van der Waals surface area contributed by atoms with Crippen molar-refractivity contribution in [2.24, 2.45) is 0 Å². The van der Waals surface area contributed by atoms with E-state index in [4.69, 9.17) is 37.7 Å². The van der Waals surface area contributed by atoms with Crippen LogP contribution >= 0.6 is 23.2 Å². The first-order chi connectivity index (χ1) is 15.1. The molecular weight excluding hydrogens is 431 g/mol. The Morgan fingerprint density at radius 2 is 1.87 bits per heavy atom. The third kappa shape index (κ3) is 4.98. The topological polar surface area (TPSA) is 34.6 Å². The van der Waals surface area contributed by atoms with E-state index in [1.54, 1.807) is 20.4 Å². The van der Waals surface area contributed by atoms with E-state index in [1.807, 2.05) is 36.4 Å². The van der Waals surface area contributed by atoms with E-state index in [9.17, 15) is 0 Å². The molecule has 0 amide bonds. The van der Waals surface area contributed by atoms with Crippen LogP contribution in [0.1, 0.15) is 41.6 Å². The van der Waals surface area contributed by atoms with E-state index < -0.39 is 0 Å². The lowest BCUT2D eigenvalue weighted by molar-refractivity contribution is 0.114. The van der Waals surface area contributed by atoms with Crippen molar-refractivity contribution >= 4 is 23.2 Å². The van der Waals surface area contributed by atoms with Crippen LogP contribution in [0.15, 0.2) is 60.8 Å². The number of methoxy groups -OCH3 is 2. The Balaban J connectivity index is 1.72. The van der Waals surface area contributed by atoms with Gasteiger partial charge in [0.25, 0.3) is 0 Å². The van der Waals surface area contributed by atoms with Gasteiger partial charge >= 0.3 is 0 Å². The molecule has 2 aromatic carbocycles. The van der Waals surface area contributed by atoms with Crippen LogP contribution in [0.5, 0.6) is 11.5 Å². The first-order valence-corrected chi connectivity index (χ1v) is 11.2. The minimum atomic E-state index is 0.108. The van der Waals surface area contributed by atoms with Crippen LogP contribution in [-0.2, 0) is 6.54 Å². The standard InChI is InChI=1S/C25H26Cl2N2O2/c1-30-21-10-8-18(24(14-21)31-2)16-29-12-4-7-22(17-5-3-6-19(26)13-17)25(29)23-11-9-20(27)15-28-23/h3,5-6,8-11,13-15,22,25H,4,7,12,16H2,1-2H3/t22-,25+/m1/s1. The van der Waals surface area contributed by atoms with E-state index in [-0.39, 0.29) is 12.0 Å². The van der Waals surface area contributed by atoms with Gasteiger partial charge in [-0.25, -0.2) is 0 Å². The Morgan fingerprint density at radius 3 is 2.58 bits per heavy atom. The third-order valence-electron chi connectivity index (χ3n) is 5.93. The molecule has 1 fully saturated rings. The molecule has 0 saturated carbocycles. The smallest absolute Gasteiger partial charge is 0.127 e. The van der Waals surface area contributed by atoms with Crippen LogP contribution in [0, 0.1) is 0 Å². The lowest BCUT2D eigenvalue weighted by Crippen LogP contribution is -2.38. The van der Waals surface area contributed by atoms with Crippen LogP contribution in [0.4, 0.5) is 0 Å². The Morgan fingerprint density at radius 1 is 1.00 bits per heavy atom. The Labute approximate surface area is 193 Å².